The van der Waals surface area contributed by atoms with Crippen LogP contribution in [-0.2, 0) is 0 Å². The molecular formula is C26H15ClN2O6. The van der Waals surface area contributed by atoms with Gasteiger partial charge in [0.1, 0.15) is 5.75 Å². The fourth-order valence-corrected chi connectivity index (χ4v) is 4.26. The van der Waals surface area contributed by atoms with Crippen LogP contribution in [0.1, 0.15) is 41.4 Å². The maximum absolute atomic E-state index is 13.0. The molecule has 0 spiro atoms. The van der Waals surface area contributed by atoms with Gasteiger partial charge in [0.15, 0.2) is 0 Å². The normalized spacial score (nSPS) is 12.7. The molecule has 0 radical (unpaired) electrons. The van der Waals surface area contributed by atoms with E-state index in [4.69, 9.17) is 11.6 Å². The molecular weight excluding hydrogens is 472 g/mol. The van der Waals surface area contributed by atoms with Gasteiger partial charge < -0.3 is 15.5 Å². The van der Waals surface area contributed by atoms with Crippen molar-refractivity contribution in [1.82, 2.24) is 0 Å². The minimum atomic E-state index is -1.23. The van der Waals surface area contributed by atoms with Gasteiger partial charge in [-0.15, -0.1) is 0 Å². The van der Waals surface area contributed by atoms with Crippen LogP contribution in [0.25, 0.3) is 10.8 Å². The molecule has 5 rings (SSSR count). The summed E-state index contributed by atoms with van der Waals surface area (Å²) in [5.74, 6) is -3.71. The van der Waals surface area contributed by atoms with Crippen molar-refractivity contribution in [3.8, 4) is 5.75 Å². The van der Waals surface area contributed by atoms with Crippen molar-refractivity contribution >= 4 is 57.4 Å². The molecule has 1 aliphatic rings. The number of halogens is 1. The zero-order chi connectivity index (χ0) is 24.9. The molecule has 0 aliphatic carbocycles. The quantitative estimate of drug-likeness (QED) is 0.351. The molecule has 172 valence electrons. The number of carboxylic acid groups (broad SMARTS) is 1. The maximum Gasteiger partial charge on any atom is 0.335 e. The van der Waals surface area contributed by atoms with Gasteiger partial charge in [-0.2, -0.15) is 0 Å². The monoisotopic (exact) mass is 486 g/mol. The first-order chi connectivity index (χ1) is 16.8. The Balaban J connectivity index is 1.48. The first-order valence-electron chi connectivity index (χ1n) is 10.3. The van der Waals surface area contributed by atoms with Crippen molar-refractivity contribution in [2.75, 3.05) is 10.2 Å². The van der Waals surface area contributed by atoms with Gasteiger partial charge in [0.05, 0.1) is 38.7 Å². The number of rotatable bonds is 4. The van der Waals surface area contributed by atoms with E-state index in [1.807, 2.05) is 24.3 Å². The molecule has 4 aromatic rings. The Kier molecular flexibility index (Phi) is 5.22. The summed E-state index contributed by atoms with van der Waals surface area (Å²) in [6, 6.07) is 18.1. The molecule has 0 saturated carbocycles. The Hall–Kier alpha value is -4.69. The van der Waals surface area contributed by atoms with Crippen molar-refractivity contribution in [2.45, 2.75) is 0 Å². The van der Waals surface area contributed by atoms with Gasteiger partial charge in [-0.3, -0.25) is 14.4 Å². The van der Waals surface area contributed by atoms with Crippen LogP contribution in [0.3, 0.4) is 0 Å². The lowest BCUT2D eigenvalue weighted by Gasteiger charge is -2.16. The lowest BCUT2D eigenvalue weighted by atomic mass is 10.1. The zero-order valence-corrected chi connectivity index (χ0v) is 18.5. The van der Waals surface area contributed by atoms with Gasteiger partial charge in [-0.1, -0.05) is 41.9 Å². The number of benzene rings is 4. The van der Waals surface area contributed by atoms with Crippen LogP contribution in [0.5, 0.6) is 5.75 Å². The summed E-state index contributed by atoms with van der Waals surface area (Å²) in [5, 5.41) is 24.1. The van der Waals surface area contributed by atoms with E-state index in [2.05, 4.69) is 5.32 Å². The van der Waals surface area contributed by atoms with E-state index >= 15 is 0 Å². The average Bonchev–Trinajstić information content (AvgIpc) is 3.10. The van der Waals surface area contributed by atoms with Crippen LogP contribution < -0.4 is 10.2 Å². The number of carboxylic acids is 1. The van der Waals surface area contributed by atoms with Crippen molar-refractivity contribution in [3.63, 3.8) is 0 Å². The molecule has 0 atom stereocenters. The molecule has 0 bridgehead atoms. The van der Waals surface area contributed by atoms with E-state index < -0.39 is 23.7 Å². The Morgan fingerprint density at radius 2 is 1.60 bits per heavy atom. The first kappa shape index (κ1) is 22.1. The average molecular weight is 487 g/mol. The highest BCUT2D eigenvalue weighted by Crippen LogP contribution is 2.34. The second-order valence-corrected chi connectivity index (χ2v) is 8.19. The van der Waals surface area contributed by atoms with Crippen LogP contribution in [0.15, 0.2) is 72.8 Å². The summed E-state index contributed by atoms with van der Waals surface area (Å²) >= 11 is 6.46. The largest absolute Gasteiger partial charge is 0.507 e. The van der Waals surface area contributed by atoms with Crippen molar-refractivity contribution < 1.29 is 29.4 Å². The predicted octanol–water partition coefficient (Wildman–Crippen LogP) is 4.95. The van der Waals surface area contributed by atoms with Crippen molar-refractivity contribution in [1.29, 1.82) is 0 Å². The number of hydrogen-bond acceptors (Lipinski definition) is 5. The number of phenolic OH excluding ortho intramolecular Hbond substituents is 1. The molecule has 3 amide bonds. The Morgan fingerprint density at radius 1 is 0.857 bits per heavy atom. The maximum atomic E-state index is 13.0. The molecule has 3 N–H and O–H groups in total. The number of nitrogens with one attached hydrogen (secondary N) is 1. The predicted molar refractivity (Wildman–Crippen MR) is 130 cm³/mol. The number of amides is 3. The number of phenols is 1. The highest BCUT2D eigenvalue weighted by molar-refractivity contribution is 6.39. The van der Waals surface area contributed by atoms with Crippen LogP contribution in [0.4, 0.5) is 11.4 Å². The second kappa shape index (κ2) is 8.27. The van der Waals surface area contributed by atoms with Crippen molar-refractivity contribution in [2.24, 2.45) is 0 Å². The van der Waals surface area contributed by atoms with Gasteiger partial charge in [-0.05, 0) is 47.9 Å². The van der Waals surface area contributed by atoms with E-state index in [-0.39, 0.29) is 33.7 Å². The third kappa shape index (κ3) is 3.66. The Bertz CT molecular complexity index is 1600. The highest BCUT2D eigenvalue weighted by atomic mass is 35.5. The van der Waals surface area contributed by atoms with E-state index in [0.717, 1.165) is 21.7 Å². The third-order valence-electron chi connectivity index (χ3n) is 5.73. The number of aromatic hydroxyl groups is 1. The van der Waals surface area contributed by atoms with E-state index in [9.17, 15) is 29.4 Å². The smallest absolute Gasteiger partial charge is 0.335 e. The number of nitrogens with zero attached hydrogens (tertiary/aromatic N) is 1. The van der Waals surface area contributed by atoms with Crippen LogP contribution in [-0.4, -0.2) is 33.9 Å². The molecule has 1 heterocycles. The summed E-state index contributed by atoms with van der Waals surface area (Å²) in [6.07, 6.45) is 0. The molecule has 0 saturated heterocycles. The summed E-state index contributed by atoms with van der Waals surface area (Å²) < 4.78 is 0. The van der Waals surface area contributed by atoms with Crippen molar-refractivity contribution in [3.05, 3.63) is 100 Å². The lowest BCUT2D eigenvalue weighted by Crippen LogP contribution is -2.29. The van der Waals surface area contributed by atoms with Gasteiger partial charge in [0.2, 0.25) is 0 Å². The molecule has 8 nitrogen and oxygen atoms in total. The highest BCUT2D eigenvalue weighted by Gasteiger charge is 2.37. The molecule has 1 aliphatic heterocycles. The SMILES string of the molecule is O=C(O)c1ccc2c(c1)C(=O)N(c1ccc(O)c(C(=O)Nc3ccc4ccccc4c3Cl)c1)C2=O. The number of aromatic carboxylic acids is 1. The minimum absolute atomic E-state index is 0.0423. The molecule has 35 heavy (non-hydrogen) atoms. The number of carbonyl (C=O) groups is 4. The van der Waals surface area contributed by atoms with Gasteiger partial charge in [0, 0.05) is 5.39 Å². The van der Waals surface area contributed by atoms with Crippen LogP contribution in [0.2, 0.25) is 5.02 Å². The number of carbonyl (C=O) groups excluding carboxylic acids is 3. The number of hydrogen-bond donors (Lipinski definition) is 3. The number of imide groups is 1. The fraction of sp³-hybridized carbons (Fsp3) is 0. The Labute approximate surface area is 203 Å². The number of fused-ring (bicyclic) bond motifs is 2. The Morgan fingerprint density at radius 3 is 2.37 bits per heavy atom. The summed E-state index contributed by atoms with van der Waals surface area (Å²) in [5.41, 5.74) is 0.0287. The van der Waals surface area contributed by atoms with E-state index in [1.165, 1.54) is 30.3 Å². The number of anilines is 2. The summed E-state index contributed by atoms with van der Waals surface area (Å²) in [6.45, 7) is 0. The zero-order valence-electron chi connectivity index (χ0n) is 17.8. The first-order valence-corrected chi connectivity index (χ1v) is 10.7. The molecule has 0 aromatic heterocycles. The summed E-state index contributed by atoms with van der Waals surface area (Å²) in [7, 11) is 0. The van der Waals surface area contributed by atoms with Crippen LogP contribution >= 0.6 is 11.6 Å². The fourth-order valence-electron chi connectivity index (χ4n) is 3.97. The van der Waals surface area contributed by atoms with Gasteiger partial charge in [-0.25, -0.2) is 9.69 Å². The van der Waals surface area contributed by atoms with Gasteiger partial charge in [0.25, 0.3) is 17.7 Å². The molecule has 0 unspecified atom stereocenters. The minimum Gasteiger partial charge on any atom is -0.507 e. The van der Waals surface area contributed by atoms with Crippen LogP contribution in [0, 0.1) is 0 Å². The lowest BCUT2D eigenvalue weighted by molar-refractivity contribution is 0.0696. The standard InChI is InChI=1S/C26H15ClN2O6/c27-22-16-4-2-1-3-13(16)6-9-20(22)28-23(31)19-12-15(7-10-21(19)30)29-24(32)17-8-5-14(26(34)35)11-18(17)25(29)33/h1-12,30H,(H,28,31)(H,34,35). The van der Waals surface area contributed by atoms with E-state index in [0.29, 0.717) is 10.7 Å². The topological polar surface area (TPSA) is 124 Å². The molecule has 9 heteroatoms. The van der Waals surface area contributed by atoms with E-state index in [1.54, 1.807) is 12.1 Å². The van der Waals surface area contributed by atoms with Gasteiger partial charge >= 0.3 is 5.97 Å². The second-order valence-electron chi connectivity index (χ2n) is 7.82. The molecule has 4 aromatic carbocycles. The third-order valence-corrected chi connectivity index (χ3v) is 6.14. The molecule has 0 fully saturated rings. The summed E-state index contributed by atoms with van der Waals surface area (Å²) in [4.78, 5) is 50.9.